The number of carbonyl (C=O) groups excluding carboxylic acids is 1. The normalized spacial score (nSPS) is 12.2. The van der Waals surface area contributed by atoms with Crippen LogP contribution in [0.1, 0.15) is 23.7 Å². The van der Waals surface area contributed by atoms with E-state index < -0.39 is 0 Å². The quantitative estimate of drug-likeness (QED) is 0.752. The lowest BCUT2D eigenvalue weighted by Crippen LogP contribution is -2.33. The van der Waals surface area contributed by atoms with E-state index in [0.717, 1.165) is 0 Å². The van der Waals surface area contributed by atoms with Crippen molar-refractivity contribution >= 4 is 17.5 Å². The van der Waals surface area contributed by atoms with E-state index in [9.17, 15) is 9.90 Å². The second kappa shape index (κ2) is 5.72. The van der Waals surface area contributed by atoms with E-state index >= 15 is 0 Å². The van der Waals surface area contributed by atoms with Gasteiger partial charge in [0.1, 0.15) is 5.75 Å². The van der Waals surface area contributed by atoms with Crippen molar-refractivity contribution in [2.24, 2.45) is 0 Å². The van der Waals surface area contributed by atoms with Crippen molar-refractivity contribution in [3.63, 3.8) is 0 Å². The van der Waals surface area contributed by atoms with Crippen LogP contribution in [0.4, 0.5) is 0 Å². The number of benzene rings is 1. The average molecular weight is 244 g/mol. The molecule has 0 aliphatic rings. The summed E-state index contributed by atoms with van der Waals surface area (Å²) in [5, 5.41) is 21.2. The molecule has 4 nitrogen and oxygen atoms in total. The van der Waals surface area contributed by atoms with Gasteiger partial charge in [-0.3, -0.25) is 4.79 Å². The lowest BCUT2D eigenvalue weighted by atomic mass is 10.1. The van der Waals surface area contributed by atoms with Gasteiger partial charge in [0.05, 0.1) is 5.56 Å². The summed E-state index contributed by atoms with van der Waals surface area (Å²) in [6.07, 6.45) is 0.472. The van der Waals surface area contributed by atoms with E-state index in [1.54, 1.807) is 6.92 Å². The minimum Gasteiger partial charge on any atom is -0.507 e. The Balaban J connectivity index is 2.73. The molecule has 1 aromatic rings. The number of amides is 1. The van der Waals surface area contributed by atoms with Crippen LogP contribution < -0.4 is 5.32 Å². The Morgan fingerprint density at radius 3 is 2.81 bits per heavy atom. The summed E-state index contributed by atoms with van der Waals surface area (Å²) in [5.41, 5.74) is 0.175. The maximum Gasteiger partial charge on any atom is 0.255 e. The van der Waals surface area contributed by atoms with Crippen molar-refractivity contribution in [3.05, 3.63) is 28.8 Å². The van der Waals surface area contributed by atoms with Gasteiger partial charge in [0.25, 0.3) is 5.91 Å². The van der Waals surface area contributed by atoms with E-state index in [0.29, 0.717) is 11.4 Å². The van der Waals surface area contributed by atoms with Crippen LogP contribution in [0, 0.1) is 0 Å². The van der Waals surface area contributed by atoms with Gasteiger partial charge in [-0.25, -0.2) is 0 Å². The van der Waals surface area contributed by atoms with Crippen LogP contribution in [-0.4, -0.2) is 28.8 Å². The van der Waals surface area contributed by atoms with Gasteiger partial charge >= 0.3 is 0 Å². The van der Waals surface area contributed by atoms with Crippen LogP contribution in [0.15, 0.2) is 18.2 Å². The van der Waals surface area contributed by atoms with Gasteiger partial charge in [0.15, 0.2) is 0 Å². The van der Waals surface area contributed by atoms with Crippen molar-refractivity contribution in [1.82, 2.24) is 5.32 Å². The van der Waals surface area contributed by atoms with Gasteiger partial charge in [0.2, 0.25) is 0 Å². The summed E-state index contributed by atoms with van der Waals surface area (Å²) in [7, 11) is 0. The summed E-state index contributed by atoms with van der Waals surface area (Å²) in [6.45, 7) is 1.79. The van der Waals surface area contributed by atoms with Gasteiger partial charge in [-0.05, 0) is 31.5 Å². The minimum absolute atomic E-state index is 0.00798. The number of hydrogen-bond acceptors (Lipinski definition) is 3. The van der Waals surface area contributed by atoms with Gasteiger partial charge in [0, 0.05) is 17.7 Å². The first kappa shape index (κ1) is 12.8. The molecule has 1 rings (SSSR count). The Hall–Kier alpha value is -1.26. The fourth-order valence-electron chi connectivity index (χ4n) is 1.26. The third-order valence-corrected chi connectivity index (χ3v) is 2.38. The molecule has 1 unspecified atom stereocenters. The van der Waals surface area contributed by atoms with E-state index in [4.69, 9.17) is 16.7 Å². The number of carbonyl (C=O) groups is 1. The summed E-state index contributed by atoms with van der Waals surface area (Å²) >= 11 is 5.65. The van der Waals surface area contributed by atoms with E-state index in [-0.39, 0.29) is 29.9 Å². The van der Waals surface area contributed by atoms with Crippen LogP contribution in [0.2, 0.25) is 5.02 Å². The third kappa shape index (κ3) is 3.40. The molecule has 0 fully saturated rings. The molecule has 1 amide bonds. The van der Waals surface area contributed by atoms with Gasteiger partial charge in [-0.15, -0.1) is 0 Å². The fourth-order valence-corrected chi connectivity index (χ4v) is 1.43. The summed E-state index contributed by atoms with van der Waals surface area (Å²) in [6, 6.07) is 4.16. The van der Waals surface area contributed by atoms with Crippen LogP contribution in [0.25, 0.3) is 0 Å². The zero-order valence-corrected chi connectivity index (χ0v) is 9.66. The first-order valence-electron chi connectivity index (χ1n) is 4.95. The van der Waals surface area contributed by atoms with Crippen molar-refractivity contribution in [2.45, 2.75) is 19.4 Å². The second-order valence-corrected chi connectivity index (χ2v) is 3.98. The molecule has 0 aliphatic carbocycles. The van der Waals surface area contributed by atoms with E-state index in [1.807, 2.05) is 0 Å². The summed E-state index contributed by atoms with van der Waals surface area (Å²) < 4.78 is 0. The average Bonchev–Trinajstić information content (AvgIpc) is 2.17. The number of halogens is 1. The molecule has 0 aliphatic heterocycles. The van der Waals surface area contributed by atoms with Gasteiger partial charge in [-0.2, -0.15) is 0 Å². The molecule has 0 saturated carbocycles. The molecule has 1 aromatic carbocycles. The molecular formula is C11H14ClNO3. The first-order valence-corrected chi connectivity index (χ1v) is 5.32. The maximum absolute atomic E-state index is 11.7. The molecular weight excluding hydrogens is 230 g/mol. The summed E-state index contributed by atoms with van der Waals surface area (Å²) in [5.74, 6) is -0.531. The standard InChI is InChI=1S/C11H14ClNO3/c1-7(4-5-14)13-11(16)9-3-2-8(12)6-10(9)15/h2-3,6-7,14-15H,4-5H2,1H3,(H,13,16). The van der Waals surface area contributed by atoms with E-state index in [1.165, 1.54) is 18.2 Å². The number of rotatable bonds is 4. The molecule has 0 spiro atoms. The van der Waals surface area contributed by atoms with Crippen molar-refractivity contribution in [1.29, 1.82) is 0 Å². The molecule has 1 atom stereocenters. The summed E-state index contributed by atoms with van der Waals surface area (Å²) in [4.78, 5) is 11.7. The number of nitrogens with one attached hydrogen (secondary N) is 1. The lowest BCUT2D eigenvalue weighted by molar-refractivity contribution is 0.0932. The number of phenols is 1. The molecule has 0 radical (unpaired) electrons. The Morgan fingerprint density at radius 2 is 2.25 bits per heavy atom. The predicted octanol–water partition coefficient (Wildman–Crippen LogP) is 1.55. The van der Waals surface area contributed by atoms with E-state index in [2.05, 4.69) is 5.32 Å². The molecule has 88 valence electrons. The van der Waals surface area contributed by atoms with Gasteiger partial charge in [-0.1, -0.05) is 11.6 Å². The highest BCUT2D eigenvalue weighted by molar-refractivity contribution is 6.30. The zero-order chi connectivity index (χ0) is 12.1. The fraction of sp³-hybridized carbons (Fsp3) is 0.364. The number of aliphatic hydroxyl groups is 1. The second-order valence-electron chi connectivity index (χ2n) is 3.55. The highest BCUT2D eigenvalue weighted by Gasteiger charge is 2.13. The molecule has 5 heteroatoms. The highest BCUT2D eigenvalue weighted by atomic mass is 35.5. The monoisotopic (exact) mass is 243 g/mol. The van der Waals surface area contributed by atoms with Crippen LogP contribution in [0.5, 0.6) is 5.75 Å². The van der Waals surface area contributed by atoms with Crippen molar-refractivity contribution < 1.29 is 15.0 Å². The lowest BCUT2D eigenvalue weighted by Gasteiger charge is -2.13. The third-order valence-electron chi connectivity index (χ3n) is 2.14. The Labute approximate surface area is 98.9 Å². The number of aromatic hydroxyl groups is 1. The smallest absolute Gasteiger partial charge is 0.255 e. The van der Waals surface area contributed by atoms with Crippen molar-refractivity contribution in [2.75, 3.05) is 6.61 Å². The molecule has 16 heavy (non-hydrogen) atoms. The molecule has 0 saturated heterocycles. The zero-order valence-electron chi connectivity index (χ0n) is 8.90. The number of hydrogen-bond donors (Lipinski definition) is 3. The Bertz CT molecular complexity index is 381. The molecule has 0 aromatic heterocycles. The van der Waals surface area contributed by atoms with Crippen molar-refractivity contribution in [3.8, 4) is 5.75 Å². The Kier molecular flexibility index (Phi) is 4.58. The molecule has 3 N–H and O–H groups in total. The highest BCUT2D eigenvalue weighted by Crippen LogP contribution is 2.21. The predicted molar refractivity (Wildman–Crippen MR) is 61.7 cm³/mol. The topological polar surface area (TPSA) is 69.6 Å². The first-order chi connectivity index (χ1) is 7.54. The van der Waals surface area contributed by atoms with Crippen LogP contribution in [-0.2, 0) is 0 Å². The molecule has 0 bridgehead atoms. The number of aliphatic hydroxyl groups excluding tert-OH is 1. The minimum atomic E-state index is -0.380. The maximum atomic E-state index is 11.7. The number of phenolic OH excluding ortho intramolecular Hbond substituents is 1. The largest absolute Gasteiger partial charge is 0.507 e. The van der Waals surface area contributed by atoms with Gasteiger partial charge < -0.3 is 15.5 Å². The Morgan fingerprint density at radius 1 is 1.56 bits per heavy atom. The van der Waals surface area contributed by atoms with Crippen LogP contribution in [0.3, 0.4) is 0 Å². The van der Waals surface area contributed by atoms with Crippen LogP contribution >= 0.6 is 11.6 Å². The SMILES string of the molecule is CC(CCO)NC(=O)c1ccc(Cl)cc1O. The molecule has 0 heterocycles.